The Morgan fingerprint density at radius 2 is 1.88 bits per heavy atom. The monoisotopic (exact) mass is 339 g/mol. The van der Waals surface area contributed by atoms with Gasteiger partial charge in [0.15, 0.2) is 5.96 Å². The maximum absolute atomic E-state index is 11.7. The average Bonchev–Trinajstić information content (AvgIpc) is 2.54. The molecule has 0 unspecified atom stereocenters. The summed E-state index contributed by atoms with van der Waals surface area (Å²) in [4.78, 5) is 30.0. The summed E-state index contributed by atoms with van der Waals surface area (Å²) in [5, 5.41) is 8.87. The van der Waals surface area contributed by atoms with Crippen LogP contribution < -0.4 is 16.0 Å². The summed E-state index contributed by atoms with van der Waals surface area (Å²) in [5.74, 6) is 1.47. The molecule has 7 nitrogen and oxygen atoms in total. The van der Waals surface area contributed by atoms with E-state index in [4.69, 9.17) is 0 Å². The summed E-state index contributed by atoms with van der Waals surface area (Å²) >= 11 is 0. The summed E-state index contributed by atoms with van der Waals surface area (Å²) in [5.41, 5.74) is 0. The zero-order valence-electron chi connectivity index (χ0n) is 15.5. The normalized spacial score (nSPS) is 16.2. The van der Waals surface area contributed by atoms with Crippen LogP contribution in [0.1, 0.15) is 46.5 Å². The molecule has 24 heavy (non-hydrogen) atoms. The van der Waals surface area contributed by atoms with Crippen molar-refractivity contribution < 1.29 is 9.59 Å². The second-order valence-corrected chi connectivity index (χ2v) is 6.52. The van der Waals surface area contributed by atoms with Crippen molar-refractivity contribution in [3.63, 3.8) is 0 Å². The Bertz CT molecular complexity index is 429. The van der Waals surface area contributed by atoms with Crippen LogP contribution in [0.4, 0.5) is 0 Å². The maximum atomic E-state index is 11.7. The molecule has 0 aromatic carbocycles. The van der Waals surface area contributed by atoms with Crippen molar-refractivity contribution >= 4 is 17.8 Å². The number of aliphatic imine (C=N–C) groups is 1. The molecule has 2 amide bonds. The molecule has 1 fully saturated rings. The van der Waals surface area contributed by atoms with Crippen LogP contribution >= 0.6 is 0 Å². The van der Waals surface area contributed by atoms with Crippen LogP contribution in [-0.4, -0.2) is 61.9 Å². The fraction of sp³-hybridized carbons (Fsp3) is 0.824. The van der Waals surface area contributed by atoms with Crippen LogP contribution in [0.5, 0.6) is 0 Å². The number of nitrogens with one attached hydrogen (secondary N) is 3. The molecule has 138 valence electrons. The summed E-state index contributed by atoms with van der Waals surface area (Å²) in [6.45, 7) is 9.02. The van der Waals surface area contributed by atoms with E-state index in [0.29, 0.717) is 25.3 Å². The topological polar surface area (TPSA) is 85.8 Å². The number of guanidine groups is 1. The lowest BCUT2D eigenvalue weighted by Gasteiger charge is -2.34. The van der Waals surface area contributed by atoms with E-state index in [2.05, 4.69) is 25.8 Å². The molecule has 0 aliphatic carbocycles. The molecule has 0 saturated carbocycles. The van der Waals surface area contributed by atoms with Gasteiger partial charge in [-0.1, -0.05) is 0 Å². The number of hydrogen-bond donors (Lipinski definition) is 3. The third kappa shape index (κ3) is 7.66. The summed E-state index contributed by atoms with van der Waals surface area (Å²) in [7, 11) is 1.68. The Kier molecular flexibility index (Phi) is 9.19. The zero-order valence-corrected chi connectivity index (χ0v) is 15.5. The smallest absolute Gasteiger partial charge is 0.222 e. The second kappa shape index (κ2) is 10.9. The van der Waals surface area contributed by atoms with E-state index in [1.54, 1.807) is 7.05 Å². The molecule has 1 aliphatic rings. The predicted molar refractivity (Wildman–Crippen MR) is 96.9 cm³/mol. The quantitative estimate of drug-likeness (QED) is 0.471. The van der Waals surface area contributed by atoms with Gasteiger partial charge in [0.2, 0.25) is 11.8 Å². The minimum atomic E-state index is 0.0360. The van der Waals surface area contributed by atoms with E-state index in [9.17, 15) is 9.59 Å². The first-order valence-electron chi connectivity index (χ1n) is 8.99. The molecule has 3 N–H and O–H groups in total. The SMILES string of the molecule is CCNC(=NCCC(=O)NC(C)C)N1CCC(CC(=O)NC)CC1. The summed E-state index contributed by atoms with van der Waals surface area (Å²) in [6, 6.07) is 0.161. The van der Waals surface area contributed by atoms with Crippen molar-refractivity contribution in [2.75, 3.05) is 33.2 Å². The third-order valence-electron chi connectivity index (χ3n) is 4.05. The lowest BCUT2D eigenvalue weighted by atomic mass is 9.93. The largest absolute Gasteiger partial charge is 0.359 e. The number of carbonyl (C=O) groups excluding carboxylic acids is 2. The predicted octanol–water partition coefficient (Wildman–Crippen LogP) is 0.715. The van der Waals surface area contributed by atoms with Crippen molar-refractivity contribution in [3.8, 4) is 0 Å². The Morgan fingerprint density at radius 3 is 2.42 bits per heavy atom. The molecule has 0 spiro atoms. The van der Waals surface area contributed by atoms with Gasteiger partial charge >= 0.3 is 0 Å². The molecule has 1 aliphatic heterocycles. The number of carbonyl (C=O) groups is 2. The van der Waals surface area contributed by atoms with Gasteiger partial charge in [-0.15, -0.1) is 0 Å². The van der Waals surface area contributed by atoms with Crippen molar-refractivity contribution in [2.24, 2.45) is 10.9 Å². The number of rotatable bonds is 7. The van der Waals surface area contributed by atoms with Crippen molar-refractivity contribution in [1.29, 1.82) is 0 Å². The molecule has 0 bridgehead atoms. The molecule has 0 aromatic heterocycles. The minimum Gasteiger partial charge on any atom is -0.359 e. The maximum Gasteiger partial charge on any atom is 0.222 e. The fourth-order valence-corrected chi connectivity index (χ4v) is 2.80. The van der Waals surface area contributed by atoms with Gasteiger partial charge in [-0.25, -0.2) is 0 Å². The van der Waals surface area contributed by atoms with Gasteiger partial charge in [0.1, 0.15) is 0 Å². The zero-order chi connectivity index (χ0) is 17.9. The van der Waals surface area contributed by atoms with Crippen LogP contribution in [0.25, 0.3) is 0 Å². The second-order valence-electron chi connectivity index (χ2n) is 6.52. The van der Waals surface area contributed by atoms with E-state index in [1.807, 2.05) is 20.8 Å². The Balaban J connectivity index is 2.46. The van der Waals surface area contributed by atoms with Gasteiger partial charge in [-0.3, -0.25) is 14.6 Å². The molecule has 1 heterocycles. The highest BCUT2D eigenvalue weighted by molar-refractivity contribution is 5.81. The molecular formula is C17H33N5O2. The van der Waals surface area contributed by atoms with E-state index < -0.39 is 0 Å². The highest BCUT2D eigenvalue weighted by Crippen LogP contribution is 2.20. The van der Waals surface area contributed by atoms with E-state index in [1.165, 1.54) is 0 Å². The summed E-state index contributed by atoms with van der Waals surface area (Å²) < 4.78 is 0. The van der Waals surface area contributed by atoms with Crippen LogP contribution in [0, 0.1) is 5.92 Å². The first-order chi connectivity index (χ1) is 11.5. The molecular weight excluding hydrogens is 306 g/mol. The number of nitrogens with zero attached hydrogens (tertiary/aromatic N) is 2. The first-order valence-corrected chi connectivity index (χ1v) is 8.99. The number of piperidine rings is 1. The number of likely N-dealkylation sites (tertiary alicyclic amines) is 1. The molecule has 1 rings (SSSR count). The highest BCUT2D eigenvalue weighted by atomic mass is 16.2. The summed E-state index contributed by atoms with van der Waals surface area (Å²) in [6.07, 6.45) is 2.99. The van der Waals surface area contributed by atoms with Gasteiger partial charge in [-0.05, 0) is 39.5 Å². The number of hydrogen-bond acceptors (Lipinski definition) is 3. The van der Waals surface area contributed by atoms with Crippen molar-refractivity contribution in [3.05, 3.63) is 0 Å². The van der Waals surface area contributed by atoms with Crippen molar-refractivity contribution in [1.82, 2.24) is 20.9 Å². The van der Waals surface area contributed by atoms with Gasteiger partial charge < -0.3 is 20.9 Å². The fourth-order valence-electron chi connectivity index (χ4n) is 2.80. The van der Waals surface area contributed by atoms with Crippen LogP contribution in [0.15, 0.2) is 4.99 Å². The Morgan fingerprint density at radius 1 is 1.21 bits per heavy atom. The standard InChI is InChI=1S/C17H33N5O2/c1-5-19-17(20-9-6-15(23)21-13(2)3)22-10-7-14(8-11-22)12-16(24)18-4/h13-14H,5-12H2,1-4H3,(H,18,24)(H,19,20)(H,21,23). The lowest BCUT2D eigenvalue weighted by molar-refractivity contribution is -0.122. The third-order valence-corrected chi connectivity index (χ3v) is 4.05. The molecule has 0 radical (unpaired) electrons. The Labute approximate surface area is 145 Å². The molecule has 0 atom stereocenters. The van der Waals surface area contributed by atoms with Gasteiger partial charge in [0, 0.05) is 45.6 Å². The average molecular weight is 339 g/mol. The first kappa shape index (κ1) is 20.3. The van der Waals surface area contributed by atoms with E-state index in [-0.39, 0.29) is 17.9 Å². The highest BCUT2D eigenvalue weighted by Gasteiger charge is 2.23. The van der Waals surface area contributed by atoms with Gasteiger partial charge in [0.25, 0.3) is 0 Å². The number of amides is 2. The van der Waals surface area contributed by atoms with E-state index >= 15 is 0 Å². The Hall–Kier alpha value is -1.79. The molecule has 0 aromatic rings. The van der Waals surface area contributed by atoms with Crippen LogP contribution in [-0.2, 0) is 9.59 Å². The van der Waals surface area contributed by atoms with Crippen molar-refractivity contribution in [2.45, 2.75) is 52.5 Å². The van der Waals surface area contributed by atoms with Gasteiger partial charge in [0.05, 0.1) is 6.54 Å². The van der Waals surface area contributed by atoms with Gasteiger partial charge in [-0.2, -0.15) is 0 Å². The van der Waals surface area contributed by atoms with E-state index in [0.717, 1.165) is 38.4 Å². The lowest BCUT2D eigenvalue weighted by Crippen LogP contribution is -2.46. The molecule has 7 heteroatoms. The molecule has 1 saturated heterocycles. The minimum absolute atomic E-state index is 0.0360. The van der Waals surface area contributed by atoms with Crippen LogP contribution in [0.3, 0.4) is 0 Å². The van der Waals surface area contributed by atoms with Crippen LogP contribution in [0.2, 0.25) is 0 Å².